The number of hydrogen-bond acceptors (Lipinski definition) is 5. The molecule has 21 heavy (non-hydrogen) atoms. The highest BCUT2D eigenvalue weighted by atomic mass is 35.5. The molecule has 116 valence electrons. The molecule has 1 unspecified atom stereocenters. The molecule has 0 aliphatic heterocycles. The van der Waals surface area contributed by atoms with Crippen LogP contribution >= 0.6 is 11.6 Å². The number of phenols is 1. The topological polar surface area (TPSA) is 116 Å². The molecule has 1 atom stereocenters. The average molecular weight is 318 g/mol. The smallest absolute Gasteiger partial charge is 0.337 e. The summed E-state index contributed by atoms with van der Waals surface area (Å²) in [4.78, 5) is 22.7. The van der Waals surface area contributed by atoms with Crippen LogP contribution in [-0.2, 0) is 4.79 Å². The zero-order chi connectivity index (χ0) is 16.2. The highest BCUT2D eigenvalue weighted by Crippen LogP contribution is 2.35. The van der Waals surface area contributed by atoms with E-state index in [1.165, 1.54) is 12.1 Å². The molecular formula is C13H16ClNO6. The number of rotatable bonds is 6. The lowest BCUT2D eigenvalue weighted by Gasteiger charge is -2.18. The first-order valence-electron chi connectivity index (χ1n) is 6.08. The van der Waals surface area contributed by atoms with Gasteiger partial charge in [0.05, 0.1) is 18.2 Å². The predicted octanol–water partition coefficient (Wildman–Crippen LogP) is 1.01. The number of phenolic OH excluding ortho intramolecular Hbond substituents is 1. The Kier molecular flexibility index (Phi) is 5.40. The Balaban J connectivity index is 2.91. The predicted molar refractivity (Wildman–Crippen MR) is 74.9 cm³/mol. The van der Waals surface area contributed by atoms with E-state index in [9.17, 15) is 19.8 Å². The first-order valence-corrected chi connectivity index (χ1v) is 6.46. The first kappa shape index (κ1) is 17.1. The maximum absolute atomic E-state index is 11.9. The Bertz CT molecular complexity index is 558. The number of carbonyl (C=O) groups excluding carboxylic acids is 1. The van der Waals surface area contributed by atoms with E-state index in [-0.39, 0.29) is 28.7 Å². The van der Waals surface area contributed by atoms with E-state index in [0.29, 0.717) is 0 Å². The highest BCUT2D eigenvalue weighted by molar-refractivity contribution is 6.32. The van der Waals surface area contributed by atoms with Crippen LogP contribution < -0.4 is 10.1 Å². The van der Waals surface area contributed by atoms with Crippen molar-refractivity contribution < 1.29 is 29.6 Å². The molecule has 0 bridgehead atoms. The average Bonchev–Trinajstić information content (AvgIpc) is 2.41. The van der Waals surface area contributed by atoms with E-state index >= 15 is 0 Å². The minimum Gasteiger partial charge on any atom is -0.503 e. The first-order chi connectivity index (χ1) is 9.69. The van der Waals surface area contributed by atoms with Gasteiger partial charge in [-0.3, -0.25) is 4.79 Å². The highest BCUT2D eigenvalue weighted by Gasteiger charge is 2.30. The standard InChI is InChI=1S/C13H16ClNO6/c1-3-21-9-5-7(4-8(14)10(9)16)11(17)15-6-13(2,20)12(18)19/h4-5,16,20H,3,6H2,1-2H3,(H,15,17)(H,18,19). The minimum atomic E-state index is -2.08. The van der Waals surface area contributed by atoms with Crippen molar-refractivity contribution in [1.29, 1.82) is 0 Å². The summed E-state index contributed by atoms with van der Waals surface area (Å²) in [5.41, 5.74) is -2.01. The zero-order valence-electron chi connectivity index (χ0n) is 11.5. The maximum Gasteiger partial charge on any atom is 0.337 e. The van der Waals surface area contributed by atoms with E-state index in [0.717, 1.165) is 6.92 Å². The Hall–Kier alpha value is -1.99. The third-order valence-corrected chi connectivity index (χ3v) is 2.93. The van der Waals surface area contributed by atoms with Crippen LogP contribution in [0.3, 0.4) is 0 Å². The summed E-state index contributed by atoms with van der Waals surface area (Å²) in [5, 5.41) is 30.1. The largest absolute Gasteiger partial charge is 0.503 e. The van der Waals surface area contributed by atoms with Crippen LogP contribution in [0.5, 0.6) is 11.5 Å². The number of nitrogens with one attached hydrogen (secondary N) is 1. The molecule has 4 N–H and O–H groups in total. The van der Waals surface area contributed by atoms with Crippen LogP contribution in [0.4, 0.5) is 0 Å². The molecule has 1 rings (SSSR count). The SMILES string of the molecule is CCOc1cc(C(=O)NCC(C)(O)C(=O)O)cc(Cl)c1O. The second-order valence-corrected chi connectivity index (χ2v) is 4.91. The van der Waals surface area contributed by atoms with Crippen molar-refractivity contribution >= 4 is 23.5 Å². The molecule has 0 aromatic heterocycles. The molecule has 1 aromatic carbocycles. The minimum absolute atomic E-state index is 0.0418. The number of hydrogen-bond donors (Lipinski definition) is 4. The molecular weight excluding hydrogens is 302 g/mol. The van der Waals surface area contributed by atoms with Gasteiger partial charge in [-0.1, -0.05) is 11.6 Å². The second kappa shape index (κ2) is 6.64. The normalized spacial score (nSPS) is 13.3. The van der Waals surface area contributed by atoms with Gasteiger partial charge in [-0.2, -0.15) is 0 Å². The summed E-state index contributed by atoms with van der Waals surface area (Å²) in [6, 6.07) is 2.49. The summed E-state index contributed by atoms with van der Waals surface area (Å²) >= 11 is 5.79. The number of carboxylic acid groups (broad SMARTS) is 1. The van der Waals surface area contributed by atoms with Gasteiger partial charge >= 0.3 is 5.97 Å². The lowest BCUT2D eigenvalue weighted by molar-refractivity contribution is -0.155. The van der Waals surface area contributed by atoms with Crippen molar-refractivity contribution in [2.75, 3.05) is 13.2 Å². The maximum atomic E-state index is 11.9. The summed E-state index contributed by atoms with van der Waals surface area (Å²) in [6.45, 7) is 2.54. The number of benzene rings is 1. The lowest BCUT2D eigenvalue weighted by Crippen LogP contribution is -2.46. The van der Waals surface area contributed by atoms with Crippen LogP contribution in [-0.4, -0.2) is 45.9 Å². The van der Waals surface area contributed by atoms with Gasteiger partial charge in [0.1, 0.15) is 0 Å². The van der Waals surface area contributed by atoms with E-state index in [4.69, 9.17) is 21.4 Å². The third-order valence-electron chi connectivity index (χ3n) is 2.64. The van der Waals surface area contributed by atoms with Gasteiger partial charge in [0, 0.05) is 5.56 Å². The van der Waals surface area contributed by atoms with E-state index < -0.39 is 24.0 Å². The Labute approximate surface area is 126 Å². The van der Waals surface area contributed by atoms with Gasteiger partial charge in [0.15, 0.2) is 17.1 Å². The molecule has 0 saturated heterocycles. The molecule has 8 heteroatoms. The van der Waals surface area contributed by atoms with Crippen LogP contribution in [0.2, 0.25) is 5.02 Å². The van der Waals surface area contributed by atoms with Crippen LogP contribution in [0, 0.1) is 0 Å². The molecule has 0 fully saturated rings. The molecule has 0 radical (unpaired) electrons. The number of aliphatic hydroxyl groups is 1. The fraction of sp³-hybridized carbons (Fsp3) is 0.385. The second-order valence-electron chi connectivity index (χ2n) is 4.50. The lowest BCUT2D eigenvalue weighted by atomic mass is 10.1. The third kappa shape index (κ3) is 4.24. The molecule has 1 aromatic rings. The Morgan fingerprint density at radius 3 is 2.57 bits per heavy atom. The van der Waals surface area contributed by atoms with Gasteiger partial charge in [-0.15, -0.1) is 0 Å². The van der Waals surface area contributed by atoms with Crippen LogP contribution in [0.15, 0.2) is 12.1 Å². The quantitative estimate of drug-likeness (QED) is 0.622. The van der Waals surface area contributed by atoms with Gasteiger partial charge in [-0.25, -0.2) is 4.79 Å². The molecule has 7 nitrogen and oxygen atoms in total. The van der Waals surface area contributed by atoms with Crippen molar-refractivity contribution in [3.8, 4) is 11.5 Å². The monoisotopic (exact) mass is 317 g/mol. The number of amides is 1. The van der Waals surface area contributed by atoms with E-state index in [2.05, 4.69) is 5.32 Å². The van der Waals surface area contributed by atoms with Crippen molar-refractivity contribution in [2.24, 2.45) is 0 Å². The zero-order valence-corrected chi connectivity index (χ0v) is 12.3. The number of carbonyl (C=O) groups is 2. The summed E-state index contributed by atoms with van der Waals surface area (Å²) < 4.78 is 5.13. The summed E-state index contributed by atoms with van der Waals surface area (Å²) in [5.74, 6) is -2.35. The van der Waals surface area contributed by atoms with Gasteiger partial charge in [-0.05, 0) is 26.0 Å². The molecule has 0 aliphatic rings. The van der Waals surface area contributed by atoms with Crippen molar-refractivity contribution in [1.82, 2.24) is 5.32 Å². The summed E-state index contributed by atoms with van der Waals surface area (Å²) in [7, 11) is 0. The van der Waals surface area contributed by atoms with Crippen molar-refractivity contribution in [3.63, 3.8) is 0 Å². The van der Waals surface area contributed by atoms with E-state index in [1.807, 2.05) is 0 Å². The molecule has 1 amide bonds. The number of aliphatic carboxylic acids is 1. The number of ether oxygens (including phenoxy) is 1. The van der Waals surface area contributed by atoms with Gasteiger partial charge in [0.25, 0.3) is 5.91 Å². The molecule has 0 spiro atoms. The number of aromatic hydroxyl groups is 1. The number of halogens is 1. The fourth-order valence-corrected chi connectivity index (χ4v) is 1.61. The Morgan fingerprint density at radius 1 is 1.43 bits per heavy atom. The van der Waals surface area contributed by atoms with Crippen LogP contribution in [0.1, 0.15) is 24.2 Å². The molecule has 0 aliphatic carbocycles. The van der Waals surface area contributed by atoms with Crippen molar-refractivity contribution in [2.45, 2.75) is 19.4 Å². The van der Waals surface area contributed by atoms with Gasteiger partial charge in [0.2, 0.25) is 0 Å². The molecule has 0 saturated carbocycles. The van der Waals surface area contributed by atoms with E-state index in [1.54, 1.807) is 6.92 Å². The summed E-state index contributed by atoms with van der Waals surface area (Å²) in [6.07, 6.45) is 0. The fourth-order valence-electron chi connectivity index (χ4n) is 1.40. The van der Waals surface area contributed by atoms with Crippen LogP contribution in [0.25, 0.3) is 0 Å². The molecule has 0 heterocycles. The van der Waals surface area contributed by atoms with Crippen molar-refractivity contribution in [3.05, 3.63) is 22.7 Å². The Morgan fingerprint density at radius 2 is 2.05 bits per heavy atom. The van der Waals surface area contributed by atoms with Gasteiger partial charge < -0.3 is 25.4 Å². The number of carboxylic acids is 1.